The molecule has 230 valence electrons. The highest BCUT2D eigenvalue weighted by Gasteiger charge is 2.71. The molecule has 5 fully saturated rings. The fourth-order valence-electron chi connectivity index (χ4n) is 10.4. The minimum absolute atomic E-state index is 0.0898. The number of rotatable bonds is 5. The molecule has 6 aliphatic rings. The van der Waals surface area contributed by atoms with Crippen molar-refractivity contribution in [3.05, 3.63) is 11.6 Å². The van der Waals surface area contributed by atoms with Gasteiger partial charge in [0.05, 0.1) is 23.9 Å². The van der Waals surface area contributed by atoms with Crippen LogP contribution in [0.1, 0.15) is 85.5 Å². The Labute approximate surface area is 243 Å². The van der Waals surface area contributed by atoms with Gasteiger partial charge in [0.25, 0.3) is 0 Å². The van der Waals surface area contributed by atoms with Crippen molar-refractivity contribution in [1.29, 1.82) is 0 Å². The predicted octanol–water partition coefficient (Wildman–Crippen LogP) is 3.68. The van der Waals surface area contributed by atoms with Gasteiger partial charge in [0, 0.05) is 44.3 Å². The molecule has 4 saturated carbocycles. The number of methoxy groups -OCH3 is 1. The lowest BCUT2D eigenvalue weighted by Gasteiger charge is -2.63. The monoisotopic (exact) mass is 576 g/mol. The van der Waals surface area contributed by atoms with E-state index in [1.807, 2.05) is 6.92 Å². The molecule has 9 nitrogen and oxygen atoms in total. The summed E-state index contributed by atoms with van der Waals surface area (Å²) in [6, 6.07) is 0. The van der Waals surface area contributed by atoms with Crippen LogP contribution in [-0.2, 0) is 33.3 Å². The summed E-state index contributed by atoms with van der Waals surface area (Å²) in [5.41, 5.74) is -0.559. The second kappa shape index (κ2) is 10.6. The smallest absolute Gasteiger partial charge is 0.331 e. The van der Waals surface area contributed by atoms with E-state index in [2.05, 4.69) is 13.8 Å². The molecule has 2 heterocycles. The molecular weight excluding hydrogens is 528 g/mol. The summed E-state index contributed by atoms with van der Waals surface area (Å²) in [6.45, 7) is 8.06. The molecule has 6 rings (SSSR count). The highest BCUT2D eigenvalue weighted by Crippen LogP contribution is 2.70. The second-order valence-corrected chi connectivity index (χ2v) is 14.3. The topological polar surface area (TPSA) is 121 Å². The van der Waals surface area contributed by atoms with E-state index in [4.69, 9.17) is 23.7 Å². The van der Waals surface area contributed by atoms with E-state index in [1.165, 1.54) is 6.92 Å². The number of aliphatic hydroxyl groups excluding tert-OH is 1. The molecule has 0 aromatic carbocycles. The van der Waals surface area contributed by atoms with Crippen LogP contribution >= 0.6 is 0 Å². The third-order valence-electron chi connectivity index (χ3n) is 12.5. The fourth-order valence-corrected chi connectivity index (χ4v) is 10.4. The number of carbonyl (C=O) groups excluding carboxylic acids is 2. The maximum Gasteiger partial charge on any atom is 0.331 e. The highest BCUT2D eigenvalue weighted by atomic mass is 16.7. The Morgan fingerprint density at radius 1 is 1.07 bits per heavy atom. The van der Waals surface area contributed by atoms with Crippen LogP contribution in [0.15, 0.2) is 11.6 Å². The van der Waals surface area contributed by atoms with Crippen molar-refractivity contribution in [2.75, 3.05) is 13.7 Å². The van der Waals surface area contributed by atoms with Crippen molar-refractivity contribution in [2.45, 2.75) is 128 Å². The van der Waals surface area contributed by atoms with Crippen molar-refractivity contribution >= 4 is 11.9 Å². The van der Waals surface area contributed by atoms with Gasteiger partial charge in [-0.15, -0.1) is 0 Å². The van der Waals surface area contributed by atoms with Crippen molar-refractivity contribution in [3.63, 3.8) is 0 Å². The van der Waals surface area contributed by atoms with E-state index >= 15 is 0 Å². The van der Waals surface area contributed by atoms with E-state index < -0.39 is 23.2 Å². The van der Waals surface area contributed by atoms with E-state index in [-0.39, 0.29) is 60.4 Å². The van der Waals surface area contributed by atoms with E-state index in [0.717, 1.165) is 50.5 Å². The molecule has 9 heteroatoms. The first-order valence-electron chi connectivity index (χ1n) is 15.7. The van der Waals surface area contributed by atoms with Gasteiger partial charge in [-0.2, -0.15) is 0 Å². The zero-order valence-electron chi connectivity index (χ0n) is 25.2. The summed E-state index contributed by atoms with van der Waals surface area (Å²) in [5.74, 6) is 0.0175. The molecule has 2 N–H and O–H groups in total. The van der Waals surface area contributed by atoms with Gasteiger partial charge in [0.15, 0.2) is 6.29 Å². The number of cyclic esters (lactones) is 1. The van der Waals surface area contributed by atoms with Gasteiger partial charge in [0.2, 0.25) is 0 Å². The van der Waals surface area contributed by atoms with Crippen LogP contribution in [0.3, 0.4) is 0 Å². The summed E-state index contributed by atoms with van der Waals surface area (Å²) in [6.07, 6.45) is 7.14. The maximum atomic E-state index is 12.7. The minimum atomic E-state index is -0.990. The molecule has 0 radical (unpaired) electrons. The van der Waals surface area contributed by atoms with Crippen LogP contribution in [0.2, 0.25) is 0 Å². The number of ether oxygens (including phenoxy) is 5. The molecule has 0 aromatic rings. The quantitative estimate of drug-likeness (QED) is 0.373. The van der Waals surface area contributed by atoms with Crippen LogP contribution in [0, 0.1) is 34.5 Å². The molecule has 0 aromatic heterocycles. The predicted molar refractivity (Wildman–Crippen MR) is 147 cm³/mol. The fraction of sp³-hybridized carbons (Fsp3) is 0.875. The lowest BCUT2D eigenvalue weighted by atomic mass is 9.43. The molecule has 4 aliphatic carbocycles. The number of aliphatic hydroxyl groups is 2. The molecule has 0 spiro atoms. The zero-order valence-corrected chi connectivity index (χ0v) is 25.2. The Morgan fingerprint density at radius 3 is 2.54 bits per heavy atom. The molecular formula is C32H48O9. The van der Waals surface area contributed by atoms with Gasteiger partial charge >= 0.3 is 11.9 Å². The van der Waals surface area contributed by atoms with Gasteiger partial charge in [-0.3, -0.25) is 4.79 Å². The van der Waals surface area contributed by atoms with E-state index in [9.17, 15) is 19.8 Å². The van der Waals surface area contributed by atoms with E-state index in [0.29, 0.717) is 24.7 Å². The average molecular weight is 577 g/mol. The number of fused-ring (bicyclic) bond motifs is 5. The largest absolute Gasteiger partial charge is 0.462 e. The van der Waals surface area contributed by atoms with Gasteiger partial charge in [-0.05, 0) is 80.6 Å². The standard InChI is InChI=1S/C32H48O9/c1-17-29(35)24(37-5)14-27(39-17)41-21-8-10-30(3)20(13-21)6-7-23-22(30)9-11-31(4)28(19-12-26(34)38-16-19)25(40-18(2)33)15-32(23,31)36/h12,17,20-25,27-29,35-36H,6-11,13-16H2,1-5H3. The molecule has 2 aliphatic heterocycles. The van der Waals surface area contributed by atoms with Crippen LogP contribution in [0.4, 0.5) is 0 Å². The van der Waals surface area contributed by atoms with E-state index in [1.54, 1.807) is 13.2 Å². The first kappa shape index (κ1) is 29.5. The summed E-state index contributed by atoms with van der Waals surface area (Å²) in [5, 5.41) is 23.0. The second-order valence-electron chi connectivity index (χ2n) is 14.3. The van der Waals surface area contributed by atoms with Crippen LogP contribution in [0.25, 0.3) is 0 Å². The third-order valence-corrected chi connectivity index (χ3v) is 12.5. The molecule has 0 bridgehead atoms. The lowest BCUT2D eigenvalue weighted by Crippen LogP contribution is -2.62. The Hall–Kier alpha value is -1.52. The molecule has 13 atom stereocenters. The van der Waals surface area contributed by atoms with Crippen molar-refractivity contribution in [3.8, 4) is 0 Å². The average Bonchev–Trinajstić information content (AvgIpc) is 3.42. The molecule has 1 saturated heterocycles. The Kier molecular flexibility index (Phi) is 7.62. The Bertz CT molecular complexity index is 1080. The van der Waals surface area contributed by atoms with Crippen LogP contribution < -0.4 is 0 Å². The number of esters is 2. The maximum absolute atomic E-state index is 12.7. The first-order valence-corrected chi connectivity index (χ1v) is 15.7. The van der Waals surface area contributed by atoms with Crippen LogP contribution in [-0.4, -0.2) is 78.3 Å². The normalized spacial score (nSPS) is 51.2. The molecule has 13 unspecified atom stereocenters. The summed E-state index contributed by atoms with van der Waals surface area (Å²) >= 11 is 0. The van der Waals surface area contributed by atoms with Gasteiger partial charge < -0.3 is 33.9 Å². The Balaban J connectivity index is 1.19. The van der Waals surface area contributed by atoms with Gasteiger partial charge in [0.1, 0.15) is 18.8 Å². The molecule has 0 amide bonds. The number of hydrogen-bond acceptors (Lipinski definition) is 9. The third kappa shape index (κ3) is 4.69. The lowest BCUT2D eigenvalue weighted by molar-refractivity contribution is -0.273. The van der Waals surface area contributed by atoms with Crippen molar-refractivity contribution in [2.24, 2.45) is 34.5 Å². The summed E-state index contributed by atoms with van der Waals surface area (Å²) < 4.78 is 29.1. The Morgan fingerprint density at radius 2 is 1.85 bits per heavy atom. The van der Waals surface area contributed by atoms with Crippen LogP contribution in [0.5, 0.6) is 0 Å². The van der Waals surface area contributed by atoms with Gasteiger partial charge in [-0.1, -0.05) is 13.8 Å². The zero-order chi connectivity index (χ0) is 29.3. The first-order chi connectivity index (χ1) is 19.4. The van der Waals surface area contributed by atoms with Gasteiger partial charge in [-0.25, -0.2) is 4.79 Å². The van der Waals surface area contributed by atoms with Crippen molar-refractivity contribution in [1.82, 2.24) is 0 Å². The summed E-state index contributed by atoms with van der Waals surface area (Å²) in [7, 11) is 1.62. The minimum Gasteiger partial charge on any atom is -0.462 e. The highest BCUT2D eigenvalue weighted by molar-refractivity contribution is 5.85. The summed E-state index contributed by atoms with van der Waals surface area (Å²) in [4.78, 5) is 24.2. The molecule has 41 heavy (non-hydrogen) atoms. The number of hydrogen-bond donors (Lipinski definition) is 2. The SMILES string of the molecule is COC1CC(OC2CCC3(C)C(CCC4C3CCC3(C)C(C5=CC(=O)OC5)C(OC(C)=O)CC43O)C2)OC(C)C1O. The van der Waals surface area contributed by atoms with Crippen molar-refractivity contribution < 1.29 is 43.5 Å². The number of carbonyl (C=O) groups is 2.